The van der Waals surface area contributed by atoms with Gasteiger partial charge in [0.15, 0.2) is 0 Å². The third-order valence-electron chi connectivity index (χ3n) is 10.3. The summed E-state index contributed by atoms with van der Waals surface area (Å²) in [5.41, 5.74) is 12.5. The van der Waals surface area contributed by atoms with Crippen molar-refractivity contribution in [1.29, 1.82) is 0 Å². The lowest BCUT2D eigenvalue weighted by Crippen LogP contribution is -2.32. The van der Waals surface area contributed by atoms with Crippen molar-refractivity contribution in [2.45, 2.75) is 5.41 Å². The number of ether oxygens (including phenoxy) is 1. The topological polar surface area (TPSA) is 12.5 Å². The minimum Gasteiger partial charge on any atom is -0.457 e. The molecule has 1 atom stereocenters. The molecule has 0 aromatic heterocycles. The number of benzene rings is 8. The Kier molecular flexibility index (Phi) is 6.13. The highest BCUT2D eigenvalue weighted by Crippen LogP contribution is 2.64. The molecule has 1 heterocycles. The Bertz CT molecular complexity index is 2540. The monoisotopic (exact) mass is 625 g/mol. The summed E-state index contributed by atoms with van der Waals surface area (Å²) in [6, 6.07) is 67.8. The summed E-state index contributed by atoms with van der Waals surface area (Å²) < 4.78 is 6.77. The standard InChI is InChI=1S/C47H31NO/c1-3-15-32(16-4-1)36-20-10-13-25-43(36)48(34-18-5-2-6-19-34)35-28-29-39-38-22-9-11-23-40(38)47(42(39)31-35)41-24-12-14-26-44(41)49-45-30-27-33-17-7-8-21-37(33)46(45)47/h1-31H. The molecule has 2 nitrogen and oxygen atoms in total. The number of para-hydroxylation sites is 3. The van der Waals surface area contributed by atoms with Gasteiger partial charge in [0.05, 0.1) is 11.1 Å². The van der Waals surface area contributed by atoms with Gasteiger partial charge in [-0.1, -0.05) is 146 Å². The molecule has 0 bridgehead atoms. The van der Waals surface area contributed by atoms with Gasteiger partial charge >= 0.3 is 0 Å². The van der Waals surface area contributed by atoms with Crippen LogP contribution in [0.15, 0.2) is 188 Å². The molecule has 230 valence electrons. The third kappa shape index (κ3) is 4.01. The summed E-state index contributed by atoms with van der Waals surface area (Å²) >= 11 is 0. The lowest BCUT2D eigenvalue weighted by molar-refractivity contribution is 0.438. The molecule has 1 unspecified atom stereocenters. The molecule has 1 spiro atoms. The second kappa shape index (κ2) is 10.8. The van der Waals surface area contributed by atoms with Gasteiger partial charge in [-0.3, -0.25) is 0 Å². The molecular formula is C47H31NO. The van der Waals surface area contributed by atoms with E-state index in [9.17, 15) is 0 Å². The molecular weight excluding hydrogens is 595 g/mol. The molecule has 0 saturated carbocycles. The van der Waals surface area contributed by atoms with Gasteiger partial charge in [-0.15, -0.1) is 0 Å². The van der Waals surface area contributed by atoms with Crippen molar-refractivity contribution in [1.82, 2.24) is 0 Å². The number of fused-ring (bicyclic) bond motifs is 11. The van der Waals surface area contributed by atoms with Gasteiger partial charge in [0.25, 0.3) is 0 Å². The maximum atomic E-state index is 6.77. The number of anilines is 3. The summed E-state index contributed by atoms with van der Waals surface area (Å²) in [5, 5.41) is 2.41. The van der Waals surface area contributed by atoms with Gasteiger partial charge in [-0.2, -0.15) is 0 Å². The van der Waals surface area contributed by atoms with Gasteiger partial charge < -0.3 is 9.64 Å². The van der Waals surface area contributed by atoms with Crippen LogP contribution in [0.5, 0.6) is 11.5 Å². The van der Waals surface area contributed by atoms with Crippen LogP contribution in [0.3, 0.4) is 0 Å². The summed E-state index contributed by atoms with van der Waals surface area (Å²) in [5.74, 6) is 1.80. The Labute approximate surface area is 286 Å². The SMILES string of the molecule is c1ccc(-c2ccccc2N(c2ccccc2)c2ccc3c(c2)C2(c4ccccc4Oc4ccc5ccccc5c42)c2ccccc2-3)cc1. The van der Waals surface area contributed by atoms with E-state index in [1.165, 1.54) is 49.7 Å². The molecule has 2 aliphatic rings. The van der Waals surface area contributed by atoms with E-state index in [1.54, 1.807) is 0 Å². The predicted molar refractivity (Wildman–Crippen MR) is 201 cm³/mol. The smallest absolute Gasteiger partial charge is 0.132 e. The van der Waals surface area contributed by atoms with Crippen molar-refractivity contribution in [2.24, 2.45) is 0 Å². The zero-order chi connectivity index (χ0) is 32.4. The van der Waals surface area contributed by atoms with Crippen molar-refractivity contribution in [3.05, 3.63) is 210 Å². The number of hydrogen-bond donors (Lipinski definition) is 0. The van der Waals surface area contributed by atoms with Crippen molar-refractivity contribution < 1.29 is 4.74 Å². The van der Waals surface area contributed by atoms with Crippen LogP contribution in [-0.2, 0) is 5.41 Å². The van der Waals surface area contributed by atoms with Gasteiger partial charge in [0, 0.05) is 28.1 Å². The largest absolute Gasteiger partial charge is 0.457 e. The lowest BCUT2D eigenvalue weighted by atomic mass is 9.65. The lowest BCUT2D eigenvalue weighted by Gasteiger charge is -2.40. The first-order valence-electron chi connectivity index (χ1n) is 16.9. The maximum Gasteiger partial charge on any atom is 0.132 e. The van der Waals surface area contributed by atoms with E-state index in [0.717, 1.165) is 34.1 Å². The van der Waals surface area contributed by atoms with Crippen LogP contribution >= 0.6 is 0 Å². The molecule has 2 heteroatoms. The van der Waals surface area contributed by atoms with Crippen molar-refractivity contribution >= 4 is 27.8 Å². The van der Waals surface area contributed by atoms with Crippen LogP contribution in [0.2, 0.25) is 0 Å². The van der Waals surface area contributed by atoms with E-state index >= 15 is 0 Å². The quantitative estimate of drug-likeness (QED) is 0.193. The highest BCUT2D eigenvalue weighted by molar-refractivity contribution is 5.98. The molecule has 0 N–H and O–H groups in total. The second-order valence-electron chi connectivity index (χ2n) is 12.8. The normalized spacial score (nSPS) is 15.2. The Morgan fingerprint density at radius 2 is 1.06 bits per heavy atom. The molecule has 10 rings (SSSR count). The fraction of sp³-hybridized carbons (Fsp3) is 0.0213. The molecule has 49 heavy (non-hydrogen) atoms. The molecule has 1 aliphatic carbocycles. The van der Waals surface area contributed by atoms with Crippen LogP contribution in [0.4, 0.5) is 17.1 Å². The molecule has 0 saturated heterocycles. The Hall–Kier alpha value is -6.38. The Morgan fingerprint density at radius 1 is 0.408 bits per heavy atom. The van der Waals surface area contributed by atoms with Gasteiger partial charge in [-0.25, -0.2) is 0 Å². The first kappa shape index (κ1) is 27.7. The van der Waals surface area contributed by atoms with E-state index in [1.807, 2.05) is 0 Å². The molecule has 0 fully saturated rings. The molecule has 0 amide bonds. The first-order chi connectivity index (χ1) is 24.3. The van der Waals surface area contributed by atoms with Crippen LogP contribution in [0.25, 0.3) is 33.0 Å². The predicted octanol–water partition coefficient (Wildman–Crippen LogP) is 12.4. The fourth-order valence-corrected chi connectivity index (χ4v) is 8.34. The van der Waals surface area contributed by atoms with Crippen molar-refractivity contribution in [3.63, 3.8) is 0 Å². The zero-order valence-electron chi connectivity index (χ0n) is 26.8. The van der Waals surface area contributed by atoms with Gasteiger partial charge in [0.2, 0.25) is 0 Å². The number of nitrogens with zero attached hydrogens (tertiary/aromatic N) is 1. The Balaban J connectivity index is 1.31. The number of rotatable bonds is 4. The van der Waals surface area contributed by atoms with Crippen LogP contribution in [0, 0.1) is 0 Å². The highest BCUT2D eigenvalue weighted by Gasteiger charge is 2.52. The second-order valence-corrected chi connectivity index (χ2v) is 12.8. The maximum absolute atomic E-state index is 6.77. The van der Waals surface area contributed by atoms with Crippen molar-refractivity contribution in [2.75, 3.05) is 4.90 Å². The fourth-order valence-electron chi connectivity index (χ4n) is 8.34. The zero-order valence-corrected chi connectivity index (χ0v) is 26.8. The van der Waals surface area contributed by atoms with Crippen LogP contribution in [0.1, 0.15) is 22.3 Å². The summed E-state index contributed by atoms with van der Waals surface area (Å²) in [6.07, 6.45) is 0. The van der Waals surface area contributed by atoms with E-state index < -0.39 is 5.41 Å². The summed E-state index contributed by atoms with van der Waals surface area (Å²) in [4.78, 5) is 2.41. The van der Waals surface area contributed by atoms with Gasteiger partial charge in [-0.05, 0) is 81.1 Å². The average molecular weight is 626 g/mol. The number of hydrogen-bond acceptors (Lipinski definition) is 2. The Morgan fingerprint density at radius 3 is 1.92 bits per heavy atom. The minimum atomic E-state index is -0.589. The van der Waals surface area contributed by atoms with E-state index in [0.29, 0.717) is 0 Å². The van der Waals surface area contributed by atoms with E-state index in [4.69, 9.17) is 4.74 Å². The summed E-state index contributed by atoms with van der Waals surface area (Å²) in [7, 11) is 0. The van der Waals surface area contributed by atoms with E-state index in [-0.39, 0.29) is 0 Å². The molecule has 1 aliphatic heterocycles. The van der Waals surface area contributed by atoms with Crippen molar-refractivity contribution in [3.8, 4) is 33.8 Å². The molecule has 8 aromatic carbocycles. The molecule has 0 radical (unpaired) electrons. The summed E-state index contributed by atoms with van der Waals surface area (Å²) in [6.45, 7) is 0. The third-order valence-corrected chi connectivity index (χ3v) is 10.3. The van der Waals surface area contributed by atoms with Crippen LogP contribution < -0.4 is 9.64 Å². The van der Waals surface area contributed by atoms with E-state index in [2.05, 4.69) is 193 Å². The first-order valence-corrected chi connectivity index (χ1v) is 16.9. The highest BCUT2D eigenvalue weighted by atomic mass is 16.5. The average Bonchev–Trinajstić information content (AvgIpc) is 3.45. The van der Waals surface area contributed by atoms with Crippen LogP contribution in [-0.4, -0.2) is 0 Å². The van der Waals surface area contributed by atoms with Gasteiger partial charge in [0.1, 0.15) is 11.5 Å². The molecule has 8 aromatic rings. The minimum absolute atomic E-state index is 0.589.